The van der Waals surface area contributed by atoms with Gasteiger partial charge in [-0.3, -0.25) is 4.79 Å². The molecule has 1 aliphatic rings. The van der Waals surface area contributed by atoms with Crippen LogP contribution >= 0.6 is 0 Å². The van der Waals surface area contributed by atoms with E-state index in [4.69, 9.17) is 0 Å². The number of benzene rings is 1. The molecule has 3 rings (SSSR count). The largest absolute Gasteiger partial charge is 0.396 e. The highest BCUT2D eigenvalue weighted by Gasteiger charge is 2.29. The third kappa shape index (κ3) is 2.92. The number of aliphatic hydroxyl groups excluding tert-OH is 1. The lowest BCUT2D eigenvalue weighted by molar-refractivity contribution is 0.0694. The van der Waals surface area contributed by atoms with Crippen LogP contribution in [0.5, 0.6) is 0 Å². The molecule has 1 N–H and O–H groups in total. The Labute approximate surface area is 131 Å². The first-order valence-electron chi connectivity index (χ1n) is 7.82. The van der Waals surface area contributed by atoms with Crippen molar-refractivity contribution in [1.29, 1.82) is 0 Å². The molecule has 1 fully saturated rings. The van der Waals surface area contributed by atoms with Gasteiger partial charge in [0.2, 0.25) is 0 Å². The van der Waals surface area contributed by atoms with Crippen molar-refractivity contribution in [2.45, 2.75) is 31.3 Å². The van der Waals surface area contributed by atoms with Crippen molar-refractivity contribution in [2.24, 2.45) is 0 Å². The Morgan fingerprint density at radius 1 is 1.27 bits per heavy atom. The van der Waals surface area contributed by atoms with Crippen molar-refractivity contribution in [2.75, 3.05) is 13.7 Å². The molecular weight excluding hydrogens is 276 g/mol. The Kier molecular flexibility index (Phi) is 4.29. The van der Waals surface area contributed by atoms with Crippen LogP contribution in [0.2, 0.25) is 0 Å². The van der Waals surface area contributed by atoms with Crippen LogP contribution in [0.15, 0.2) is 48.7 Å². The van der Waals surface area contributed by atoms with Crippen molar-refractivity contribution in [1.82, 2.24) is 9.47 Å². The van der Waals surface area contributed by atoms with E-state index in [0.29, 0.717) is 12.5 Å². The van der Waals surface area contributed by atoms with Gasteiger partial charge in [-0.15, -0.1) is 0 Å². The number of amides is 1. The van der Waals surface area contributed by atoms with E-state index >= 15 is 0 Å². The molecule has 1 aromatic carbocycles. The van der Waals surface area contributed by atoms with E-state index in [1.165, 1.54) is 0 Å². The lowest BCUT2D eigenvalue weighted by Crippen LogP contribution is -2.33. The molecule has 0 radical (unpaired) electrons. The number of rotatable bonds is 6. The average Bonchev–Trinajstić information content (AvgIpc) is 3.29. The summed E-state index contributed by atoms with van der Waals surface area (Å²) in [5.74, 6) is 0.0132. The molecule has 22 heavy (non-hydrogen) atoms. The molecule has 1 heterocycles. The molecule has 4 heteroatoms. The number of carbonyl (C=O) groups excluding carboxylic acids is 1. The molecule has 1 unspecified atom stereocenters. The van der Waals surface area contributed by atoms with E-state index < -0.39 is 0 Å². The van der Waals surface area contributed by atoms with Crippen molar-refractivity contribution < 1.29 is 9.90 Å². The molecule has 0 aliphatic heterocycles. The summed E-state index contributed by atoms with van der Waals surface area (Å²) in [4.78, 5) is 14.6. The lowest BCUT2D eigenvalue weighted by atomic mass is 10.0. The molecule has 2 aromatic rings. The SMILES string of the molecule is CN(C(=O)c1cccn1C1CC1)C(CCO)c1ccccc1. The third-order valence-corrected chi connectivity index (χ3v) is 4.31. The quantitative estimate of drug-likeness (QED) is 0.891. The monoisotopic (exact) mass is 298 g/mol. The Balaban J connectivity index is 1.84. The van der Waals surface area contributed by atoms with Gasteiger partial charge in [0, 0.05) is 25.9 Å². The van der Waals surface area contributed by atoms with Gasteiger partial charge < -0.3 is 14.6 Å². The number of hydrogen-bond acceptors (Lipinski definition) is 2. The molecule has 1 aromatic heterocycles. The highest BCUT2D eigenvalue weighted by molar-refractivity contribution is 5.93. The first-order valence-corrected chi connectivity index (χ1v) is 7.82. The Bertz CT molecular complexity index is 632. The lowest BCUT2D eigenvalue weighted by Gasteiger charge is -2.28. The molecule has 116 valence electrons. The van der Waals surface area contributed by atoms with Gasteiger partial charge in [-0.1, -0.05) is 30.3 Å². The maximum Gasteiger partial charge on any atom is 0.270 e. The normalized spacial score (nSPS) is 15.5. The number of aliphatic hydroxyl groups is 1. The predicted octanol–water partition coefficient (Wildman–Crippen LogP) is 3.02. The van der Waals surface area contributed by atoms with Gasteiger partial charge in [0.25, 0.3) is 5.91 Å². The molecule has 0 bridgehead atoms. The van der Waals surface area contributed by atoms with Gasteiger partial charge >= 0.3 is 0 Å². The van der Waals surface area contributed by atoms with Crippen LogP contribution in [0, 0.1) is 0 Å². The Hall–Kier alpha value is -2.07. The molecule has 1 saturated carbocycles. The molecule has 0 saturated heterocycles. The summed E-state index contributed by atoms with van der Waals surface area (Å²) in [6.45, 7) is 0.0564. The highest BCUT2D eigenvalue weighted by atomic mass is 16.3. The summed E-state index contributed by atoms with van der Waals surface area (Å²) >= 11 is 0. The smallest absolute Gasteiger partial charge is 0.270 e. The van der Waals surface area contributed by atoms with E-state index in [1.807, 2.05) is 55.7 Å². The highest BCUT2D eigenvalue weighted by Crippen LogP contribution is 2.36. The number of aromatic nitrogens is 1. The van der Waals surface area contributed by atoms with E-state index in [9.17, 15) is 9.90 Å². The topological polar surface area (TPSA) is 45.5 Å². The first kappa shape index (κ1) is 14.9. The van der Waals surface area contributed by atoms with Crippen LogP contribution in [0.25, 0.3) is 0 Å². The van der Waals surface area contributed by atoms with Gasteiger partial charge in [-0.2, -0.15) is 0 Å². The van der Waals surface area contributed by atoms with Crippen LogP contribution in [-0.4, -0.2) is 34.1 Å². The minimum absolute atomic E-state index is 0.0132. The summed E-state index contributed by atoms with van der Waals surface area (Å²) in [5, 5.41) is 9.37. The molecule has 1 atom stereocenters. The average molecular weight is 298 g/mol. The number of carbonyl (C=O) groups is 1. The summed E-state index contributed by atoms with van der Waals surface area (Å²) < 4.78 is 2.08. The summed E-state index contributed by atoms with van der Waals surface area (Å²) in [7, 11) is 1.82. The fourth-order valence-electron chi connectivity index (χ4n) is 2.95. The summed E-state index contributed by atoms with van der Waals surface area (Å²) in [6, 6.07) is 14.1. The summed E-state index contributed by atoms with van der Waals surface area (Å²) in [6.07, 6.45) is 4.83. The van der Waals surface area contributed by atoms with Crippen molar-refractivity contribution >= 4 is 5.91 Å². The zero-order valence-corrected chi connectivity index (χ0v) is 12.9. The zero-order valence-electron chi connectivity index (χ0n) is 12.9. The van der Waals surface area contributed by atoms with Gasteiger partial charge in [-0.25, -0.2) is 0 Å². The van der Waals surface area contributed by atoms with Crippen LogP contribution in [-0.2, 0) is 0 Å². The predicted molar refractivity (Wildman–Crippen MR) is 85.7 cm³/mol. The maximum atomic E-state index is 12.9. The second kappa shape index (κ2) is 6.36. The second-order valence-corrected chi connectivity index (χ2v) is 5.89. The molecular formula is C18H22N2O2. The van der Waals surface area contributed by atoms with E-state index in [1.54, 1.807) is 4.90 Å². The molecule has 1 amide bonds. The van der Waals surface area contributed by atoms with Gasteiger partial charge in [0.15, 0.2) is 0 Å². The van der Waals surface area contributed by atoms with Crippen LogP contribution in [0.4, 0.5) is 0 Å². The van der Waals surface area contributed by atoms with E-state index in [2.05, 4.69) is 4.57 Å². The first-order chi connectivity index (χ1) is 10.7. The van der Waals surface area contributed by atoms with Crippen molar-refractivity contribution in [3.05, 3.63) is 59.9 Å². The van der Waals surface area contributed by atoms with Crippen LogP contribution in [0.1, 0.15) is 47.4 Å². The fourth-order valence-corrected chi connectivity index (χ4v) is 2.95. The zero-order chi connectivity index (χ0) is 15.5. The standard InChI is InChI=1S/C18H22N2O2/c1-19(16(11-13-21)14-6-3-2-4-7-14)18(22)17-8-5-12-20(17)15-9-10-15/h2-8,12,15-16,21H,9-11,13H2,1H3. The van der Waals surface area contributed by atoms with Gasteiger partial charge in [0.1, 0.15) is 5.69 Å². The number of nitrogens with zero attached hydrogens (tertiary/aromatic N) is 2. The molecule has 1 aliphatic carbocycles. The van der Waals surface area contributed by atoms with E-state index in [0.717, 1.165) is 24.1 Å². The fraction of sp³-hybridized carbons (Fsp3) is 0.389. The minimum atomic E-state index is -0.110. The maximum absolute atomic E-state index is 12.9. The second-order valence-electron chi connectivity index (χ2n) is 5.89. The Morgan fingerprint density at radius 3 is 2.64 bits per heavy atom. The van der Waals surface area contributed by atoms with Crippen LogP contribution < -0.4 is 0 Å². The minimum Gasteiger partial charge on any atom is -0.396 e. The summed E-state index contributed by atoms with van der Waals surface area (Å²) in [5.41, 5.74) is 1.79. The Morgan fingerprint density at radius 2 is 2.00 bits per heavy atom. The van der Waals surface area contributed by atoms with Gasteiger partial charge in [0.05, 0.1) is 6.04 Å². The number of hydrogen-bond donors (Lipinski definition) is 1. The van der Waals surface area contributed by atoms with Crippen molar-refractivity contribution in [3.8, 4) is 0 Å². The van der Waals surface area contributed by atoms with Crippen molar-refractivity contribution in [3.63, 3.8) is 0 Å². The van der Waals surface area contributed by atoms with E-state index in [-0.39, 0.29) is 18.6 Å². The third-order valence-electron chi connectivity index (χ3n) is 4.31. The van der Waals surface area contributed by atoms with Gasteiger partial charge in [-0.05, 0) is 37.0 Å². The molecule has 0 spiro atoms. The molecule has 4 nitrogen and oxygen atoms in total. The van der Waals surface area contributed by atoms with Crippen LogP contribution in [0.3, 0.4) is 0 Å².